The SMILES string of the molecule is CC1=CCCC2C(CC1)C2COC(=O)NC(C#CC(C)C)C(=O)NC(CCC(N)=O)C(=O)NCC(=O)O. The molecule has 0 heterocycles. The number of aliphatic carboxylic acids is 1. The predicted molar refractivity (Wildman–Crippen MR) is 135 cm³/mol. The monoisotopic (exact) mass is 518 g/mol. The molecular formula is C26H38N4O7. The van der Waals surface area contributed by atoms with E-state index < -0.39 is 48.4 Å². The molecule has 4 amide bonds. The Bertz CT molecular complexity index is 966. The Morgan fingerprint density at radius 1 is 1.11 bits per heavy atom. The summed E-state index contributed by atoms with van der Waals surface area (Å²) in [4.78, 5) is 59.9. The highest BCUT2D eigenvalue weighted by Gasteiger charge is 2.49. The van der Waals surface area contributed by atoms with Crippen molar-refractivity contribution in [2.45, 2.75) is 71.4 Å². The Kier molecular flexibility index (Phi) is 11.4. The molecule has 0 aliphatic heterocycles. The number of nitrogens with one attached hydrogen (secondary N) is 3. The summed E-state index contributed by atoms with van der Waals surface area (Å²) < 4.78 is 5.43. The van der Waals surface area contributed by atoms with Crippen LogP contribution in [0.5, 0.6) is 0 Å². The standard InChI is InChI=1S/C26H38N4O7/c1-15(2)7-10-21(25(35)29-20(11-12-22(27)31)24(34)28-13-23(32)33)30-26(36)37-14-19-17-6-4-5-16(3)8-9-18(17)19/h5,15,17-21H,4,6,8-9,11-14H2,1-3H3,(H2,27,31)(H,28,34)(H,29,35)(H,30,36)(H,32,33). The second kappa shape index (κ2) is 14.3. The van der Waals surface area contributed by atoms with Gasteiger partial charge in [-0.15, -0.1) is 0 Å². The first-order chi connectivity index (χ1) is 17.5. The van der Waals surface area contributed by atoms with Crippen LogP contribution in [0.1, 0.15) is 59.3 Å². The zero-order valence-corrected chi connectivity index (χ0v) is 21.7. The average molecular weight is 519 g/mol. The summed E-state index contributed by atoms with van der Waals surface area (Å²) in [5, 5.41) is 15.8. The second-order valence-electron chi connectivity index (χ2n) is 9.95. The maximum Gasteiger partial charge on any atom is 0.408 e. The molecule has 0 bridgehead atoms. The zero-order chi connectivity index (χ0) is 27.5. The van der Waals surface area contributed by atoms with Crippen LogP contribution in [-0.4, -0.2) is 60.1 Å². The molecule has 0 aromatic carbocycles. The maximum atomic E-state index is 12.9. The van der Waals surface area contributed by atoms with Gasteiger partial charge in [0.15, 0.2) is 6.04 Å². The van der Waals surface area contributed by atoms with Crippen molar-refractivity contribution in [3.63, 3.8) is 0 Å². The lowest BCUT2D eigenvalue weighted by molar-refractivity contribution is -0.138. The fourth-order valence-electron chi connectivity index (χ4n) is 4.49. The number of carbonyl (C=O) groups excluding carboxylic acids is 4. The van der Waals surface area contributed by atoms with Gasteiger partial charge in [0.2, 0.25) is 11.8 Å². The van der Waals surface area contributed by atoms with Gasteiger partial charge in [-0.3, -0.25) is 24.5 Å². The molecule has 5 unspecified atom stereocenters. The molecule has 5 atom stereocenters. The molecule has 0 radical (unpaired) electrons. The minimum absolute atomic E-state index is 0.0998. The van der Waals surface area contributed by atoms with E-state index in [4.69, 9.17) is 15.6 Å². The van der Waals surface area contributed by atoms with E-state index in [9.17, 15) is 24.0 Å². The molecule has 0 aromatic heterocycles. The molecule has 1 fully saturated rings. The van der Waals surface area contributed by atoms with Crippen LogP contribution in [-0.2, 0) is 23.9 Å². The van der Waals surface area contributed by atoms with Gasteiger partial charge in [-0.2, -0.15) is 0 Å². The van der Waals surface area contributed by atoms with Crippen LogP contribution in [0, 0.1) is 35.5 Å². The average Bonchev–Trinajstić information content (AvgIpc) is 3.47. The largest absolute Gasteiger partial charge is 0.480 e. The van der Waals surface area contributed by atoms with Crippen molar-refractivity contribution in [3.8, 4) is 11.8 Å². The molecule has 6 N–H and O–H groups in total. The van der Waals surface area contributed by atoms with Crippen molar-refractivity contribution >= 4 is 29.8 Å². The lowest BCUT2D eigenvalue weighted by atomic mass is 10.0. The topological polar surface area (TPSA) is 177 Å². The third-order valence-corrected chi connectivity index (χ3v) is 6.55. The van der Waals surface area contributed by atoms with Gasteiger partial charge in [-0.1, -0.05) is 37.3 Å². The molecule has 11 heteroatoms. The van der Waals surface area contributed by atoms with Crippen LogP contribution >= 0.6 is 0 Å². The van der Waals surface area contributed by atoms with Gasteiger partial charge in [0.05, 0.1) is 6.61 Å². The van der Waals surface area contributed by atoms with E-state index in [1.165, 1.54) is 5.57 Å². The van der Waals surface area contributed by atoms with E-state index in [2.05, 4.69) is 40.8 Å². The van der Waals surface area contributed by atoms with E-state index in [1.54, 1.807) is 0 Å². The molecule has 0 aromatic rings. The number of allylic oxidation sites excluding steroid dienone is 2. The van der Waals surface area contributed by atoms with E-state index in [0.717, 1.165) is 25.7 Å². The molecular weight excluding hydrogens is 480 g/mol. The Labute approximate surface area is 217 Å². The highest BCUT2D eigenvalue weighted by atomic mass is 16.5. The summed E-state index contributed by atoms with van der Waals surface area (Å²) in [7, 11) is 0. The van der Waals surface area contributed by atoms with Crippen LogP contribution in [0.15, 0.2) is 11.6 Å². The van der Waals surface area contributed by atoms with Gasteiger partial charge < -0.3 is 26.2 Å². The highest BCUT2D eigenvalue weighted by Crippen LogP contribution is 2.53. The maximum absolute atomic E-state index is 12.9. The molecule has 2 rings (SSSR count). The Balaban J connectivity index is 1.98. The van der Waals surface area contributed by atoms with Gasteiger partial charge in [0.1, 0.15) is 12.6 Å². The third kappa shape index (κ3) is 10.5. The normalized spacial score (nSPS) is 21.8. The van der Waals surface area contributed by atoms with Crippen molar-refractivity contribution in [2.24, 2.45) is 29.4 Å². The van der Waals surface area contributed by atoms with E-state index >= 15 is 0 Å². The van der Waals surface area contributed by atoms with Crippen molar-refractivity contribution < 1.29 is 33.8 Å². The first-order valence-electron chi connectivity index (χ1n) is 12.7. The highest BCUT2D eigenvalue weighted by molar-refractivity contribution is 5.94. The number of alkyl carbamates (subject to hydrolysis) is 1. The number of carboxylic acids is 1. The molecule has 204 valence electrons. The number of fused-ring (bicyclic) bond motifs is 1. The number of nitrogens with two attached hydrogens (primary N) is 1. The number of hydrogen-bond acceptors (Lipinski definition) is 6. The van der Waals surface area contributed by atoms with Gasteiger partial charge in [-0.25, -0.2) is 4.79 Å². The van der Waals surface area contributed by atoms with Crippen LogP contribution < -0.4 is 21.7 Å². The summed E-state index contributed by atoms with van der Waals surface area (Å²) in [6, 6.07) is -2.57. The summed E-state index contributed by atoms with van der Waals surface area (Å²) in [6.45, 7) is 5.35. The fourth-order valence-corrected chi connectivity index (χ4v) is 4.49. The summed E-state index contributed by atoms with van der Waals surface area (Å²) >= 11 is 0. The number of ether oxygens (including phenoxy) is 1. The van der Waals surface area contributed by atoms with Crippen molar-refractivity contribution in [1.82, 2.24) is 16.0 Å². The predicted octanol–water partition coefficient (Wildman–Crippen LogP) is 1.07. The van der Waals surface area contributed by atoms with Crippen LogP contribution in [0.2, 0.25) is 0 Å². The Morgan fingerprint density at radius 2 is 1.81 bits per heavy atom. The van der Waals surface area contributed by atoms with Gasteiger partial charge >= 0.3 is 12.1 Å². The number of carboxylic acid groups (broad SMARTS) is 1. The van der Waals surface area contributed by atoms with Gasteiger partial charge in [0.25, 0.3) is 5.91 Å². The fraction of sp³-hybridized carbons (Fsp3) is 0.654. The first kappa shape index (κ1) is 29.7. The van der Waals surface area contributed by atoms with Crippen LogP contribution in [0.25, 0.3) is 0 Å². The number of amides is 4. The van der Waals surface area contributed by atoms with E-state index in [1.807, 2.05) is 13.8 Å². The van der Waals surface area contributed by atoms with Crippen molar-refractivity contribution in [3.05, 3.63) is 11.6 Å². The van der Waals surface area contributed by atoms with Crippen LogP contribution in [0.3, 0.4) is 0 Å². The molecule has 0 spiro atoms. The minimum atomic E-state index is -1.32. The smallest absolute Gasteiger partial charge is 0.408 e. The Morgan fingerprint density at radius 3 is 2.46 bits per heavy atom. The summed E-state index contributed by atoms with van der Waals surface area (Å²) in [5.74, 6) is 3.22. The lowest BCUT2D eigenvalue weighted by Gasteiger charge is -2.20. The van der Waals surface area contributed by atoms with Crippen LogP contribution in [0.4, 0.5) is 4.79 Å². The third-order valence-electron chi connectivity index (χ3n) is 6.55. The number of rotatable bonds is 11. The summed E-state index contributed by atoms with van der Waals surface area (Å²) in [5.41, 5.74) is 6.55. The van der Waals surface area contributed by atoms with Crippen molar-refractivity contribution in [2.75, 3.05) is 13.2 Å². The molecule has 2 aliphatic carbocycles. The van der Waals surface area contributed by atoms with Gasteiger partial charge in [0, 0.05) is 12.3 Å². The molecule has 2 aliphatic rings. The zero-order valence-electron chi connectivity index (χ0n) is 21.7. The second-order valence-corrected chi connectivity index (χ2v) is 9.95. The summed E-state index contributed by atoms with van der Waals surface area (Å²) in [6.07, 6.45) is 5.32. The first-order valence-corrected chi connectivity index (χ1v) is 12.7. The van der Waals surface area contributed by atoms with E-state index in [0.29, 0.717) is 17.8 Å². The van der Waals surface area contributed by atoms with E-state index in [-0.39, 0.29) is 25.4 Å². The number of hydrogen-bond donors (Lipinski definition) is 5. The Hall–Kier alpha value is -3.55. The number of carbonyl (C=O) groups is 5. The quantitative estimate of drug-likeness (QED) is 0.201. The molecule has 0 saturated heterocycles. The molecule has 11 nitrogen and oxygen atoms in total. The minimum Gasteiger partial charge on any atom is -0.480 e. The number of primary amides is 1. The lowest BCUT2D eigenvalue weighted by Crippen LogP contribution is -2.54. The van der Waals surface area contributed by atoms with Crippen molar-refractivity contribution in [1.29, 1.82) is 0 Å². The molecule has 37 heavy (non-hydrogen) atoms. The van der Waals surface area contributed by atoms with Gasteiger partial charge in [-0.05, 0) is 56.8 Å². The molecule has 1 saturated carbocycles.